The Labute approximate surface area is 104 Å². The minimum absolute atomic E-state index is 0.495. The fourth-order valence-corrected chi connectivity index (χ4v) is 2.22. The van der Waals surface area contributed by atoms with Crippen LogP contribution in [0.15, 0.2) is 59.5 Å². The van der Waals surface area contributed by atoms with Gasteiger partial charge < -0.3 is 4.74 Å². The molecule has 0 aromatic heterocycles. The van der Waals surface area contributed by atoms with Crippen molar-refractivity contribution in [2.24, 2.45) is 0 Å². The maximum Gasteiger partial charge on any atom is 0.135 e. The smallest absolute Gasteiger partial charge is 0.135 e. The summed E-state index contributed by atoms with van der Waals surface area (Å²) in [5.74, 6) is 0.692. The third kappa shape index (κ3) is 3.17. The van der Waals surface area contributed by atoms with Crippen molar-refractivity contribution in [3.63, 3.8) is 0 Å². The number of ether oxygens (including phenoxy) is 1. The summed E-state index contributed by atoms with van der Waals surface area (Å²) in [6.07, 6.45) is 1.66. The molecule has 1 unspecified atom stereocenters. The van der Waals surface area contributed by atoms with Gasteiger partial charge in [0.05, 0.1) is 15.7 Å². The standard InChI is InChI=1S/C14H14O2S/c1-17(15)14-10-6-5-9-13(14)16-11-12-7-3-2-4-8-12/h2-10H,11H2,1H3. The van der Waals surface area contributed by atoms with Gasteiger partial charge in [-0.2, -0.15) is 0 Å². The molecule has 0 N–H and O–H groups in total. The summed E-state index contributed by atoms with van der Waals surface area (Å²) in [4.78, 5) is 0.739. The van der Waals surface area contributed by atoms with Gasteiger partial charge in [0.2, 0.25) is 0 Å². The van der Waals surface area contributed by atoms with Gasteiger partial charge in [-0.05, 0) is 17.7 Å². The molecule has 1 atom stereocenters. The van der Waals surface area contributed by atoms with Crippen molar-refractivity contribution < 1.29 is 8.95 Å². The molecule has 0 aliphatic carbocycles. The molecule has 0 saturated heterocycles. The van der Waals surface area contributed by atoms with E-state index < -0.39 is 10.8 Å². The molecule has 2 aromatic carbocycles. The molecule has 0 saturated carbocycles. The topological polar surface area (TPSA) is 26.3 Å². The van der Waals surface area contributed by atoms with E-state index in [4.69, 9.17) is 4.74 Å². The van der Waals surface area contributed by atoms with Crippen LogP contribution in [0.2, 0.25) is 0 Å². The van der Waals surface area contributed by atoms with Gasteiger partial charge in [0.15, 0.2) is 0 Å². The van der Waals surface area contributed by atoms with Gasteiger partial charge in [0, 0.05) is 6.26 Å². The van der Waals surface area contributed by atoms with E-state index in [-0.39, 0.29) is 0 Å². The highest BCUT2D eigenvalue weighted by Crippen LogP contribution is 2.21. The highest BCUT2D eigenvalue weighted by Gasteiger charge is 2.06. The molecule has 0 bridgehead atoms. The molecule has 0 spiro atoms. The highest BCUT2D eigenvalue weighted by molar-refractivity contribution is 7.84. The summed E-state index contributed by atoms with van der Waals surface area (Å²) in [6, 6.07) is 17.4. The Kier molecular flexibility index (Phi) is 3.94. The van der Waals surface area contributed by atoms with Crippen molar-refractivity contribution in [2.75, 3.05) is 6.26 Å². The maximum absolute atomic E-state index is 11.5. The Balaban J connectivity index is 2.12. The monoisotopic (exact) mass is 246 g/mol. The second-order valence-corrected chi connectivity index (χ2v) is 5.02. The lowest BCUT2D eigenvalue weighted by atomic mass is 10.2. The minimum Gasteiger partial charge on any atom is -0.488 e. The van der Waals surface area contributed by atoms with Gasteiger partial charge in [-0.15, -0.1) is 0 Å². The number of rotatable bonds is 4. The van der Waals surface area contributed by atoms with Crippen LogP contribution < -0.4 is 4.74 Å². The molecule has 0 fully saturated rings. The van der Waals surface area contributed by atoms with Crippen LogP contribution in [0, 0.1) is 0 Å². The fourth-order valence-electron chi connectivity index (χ4n) is 1.54. The van der Waals surface area contributed by atoms with Crippen LogP contribution >= 0.6 is 0 Å². The minimum atomic E-state index is -1.02. The van der Waals surface area contributed by atoms with Gasteiger partial charge in [0.25, 0.3) is 0 Å². The Bertz CT molecular complexity index is 509. The van der Waals surface area contributed by atoms with E-state index >= 15 is 0 Å². The Morgan fingerprint density at radius 3 is 2.35 bits per heavy atom. The predicted molar refractivity (Wildman–Crippen MR) is 69.5 cm³/mol. The molecule has 0 aliphatic heterocycles. The van der Waals surface area contributed by atoms with Gasteiger partial charge in [0.1, 0.15) is 12.4 Å². The van der Waals surface area contributed by atoms with Crippen molar-refractivity contribution in [1.82, 2.24) is 0 Å². The molecule has 0 radical (unpaired) electrons. The van der Waals surface area contributed by atoms with Crippen LogP contribution in [-0.4, -0.2) is 10.5 Å². The summed E-state index contributed by atoms with van der Waals surface area (Å²) in [7, 11) is -1.02. The lowest BCUT2D eigenvalue weighted by Crippen LogP contribution is -1.99. The first-order valence-electron chi connectivity index (χ1n) is 5.36. The largest absolute Gasteiger partial charge is 0.488 e. The summed E-state index contributed by atoms with van der Waals surface area (Å²) < 4.78 is 17.2. The average molecular weight is 246 g/mol. The Hall–Kier alpha value is -1.61. The van der Waals surface area contributed by atoms with Crippen molar-refractivity contribution in [3.8, 4) is 5.75 Å². The van der Waals surface area contributed by atoms with E-state index in [0.717, 1.165) is 10.5 Å². The summed E-state index contributed by atoms with van der Waals surface area (Å²) in [6.45, 7) is 0.495. The zero-order valence-electron chi connectivity index (χ0n) is 9.63. The van der Waals surface area contributed by atoms with Crippen LogP contribution in [0.4, 0.5) is 0 Å². The van der Waals surface area contributed by atoms with E-state index in [2.05, 4.69) is 0 Å². The highest BCUT2D eigenvalue weighted by atomic mass is 32.2. The molecular weight excluding hydrogens is 232 g/mol. The Morgan fingerprint density at radius 1 is 1.00 bits per heavy atom. The molecule has 3 heteroatoms. The van der Waals surface area contributed by atoms with E-state index in [1.165, 1.54) is 0 Å². The van der Waals surface area contributed by atoms with E-state index in [1.807, 2.05) is 54.6 Å². The molecule has 2 nitrogen and oxygen atoms in total. The number of hydrogen-bond acceptors (Lipinski definition) is 2. The van der Waals surface area contributed by atoms with Gasteiger partial charge in [-0.3, -0.25) is 4.21 Å². The SMILES string of the molecule is CS(=O)c1ccccc1OCc1ccccc1. The van der Waals surface area contributed by atoms with Gasteiger partial charge in [-0.25, -0.2) is 0 Å². The average Bonchev–Trinajstić information content (AvgIpc) is 2.38. The second kappa shape index (κ2) is 5.64. The zero-order chi connectivity index (χ0) is 12.1. The number of para-hydroxylation sites is 1. The number of hydrogen-bond donors (Lipinski definition) is 0. The summed E-state index contributed by atoms with van der Waals surface area (Å²) in [5.41, 5.74) is 1.10. The fraction of sp³-hybridized carbons (Fsp3) is 0.143. The van der Waals surface area contributed by atoms with Gasteiger partial charge in [-0.1, -0.05) is 42.5 Å². The quantitative estimate of drug-likeness (QED) is 0.829. The van der Waals surface area contributed by atoms with E-state index in [9.17, 15) is 4.21 Å². The van der Waals surface area contributed by atoms with Crippen LogP contribution in [0.25, 0.3) is 0 Å². The van der Waals surface area contributed by atoms with Crippen molar-refractivity contribution in [1.29, 1.82) is 0 Å². The molecule has 0 heterocycles. The van der Waals surface area contributed by atoms with Crippen LogP contribution in [-0.2, 0) is 17.4 Å². The van der Waals surface area contributed by atoms with E-state index in [0.29, 0.717) is 12.4 Å². The first-order chi connectivity index (χ1) is 8.27. The third-order valence-corrected chi connectivity index (χ3v) is 3.35. The molecular formula is C14H14O2S. The molecule has 17 heavy (non-hydrogen) atoms. The molecule has 2 aromatic rings. The molecule has 88 valence electrons. The van der Waals surface area contributed by atoms with Crippen molar-refractivity contribution in [2.45, 2.75) is 11.5 Å². The van der Waals surface area contributed by atoms with Gasteiger partial charge >= 0.3 is 0 Å². The maximum atomic E-state index is 11.5. The molecule has 0 amide bonds. The second-order valence-electron chi connectivity index (χ2n) is 3.68. The summed E-state index contributed by atoms with van der Waals surface area (Å²) >= 11 is 0. The third-order valence-electron chi connectivity index (χ3n) is 2.40. The van der Waals surface area contributed by atoms with Crippen LogP contribution in [0.5, 0.6) is 5.75 Å². The van der Waals surface area contributed by atoms with Crippen molar-refractivity contribution >= 4 is 10.8 Å². The lowest BCUT2D eigenvalue weighted by molar-refractivity contribution is 0.298. The Morgan fingerprint density at radius 2 is 1.65 bits per heavy atom. The van der Waals surface area contributed by atoms with Crippen molar-refractivity contribution in [3.05, 3.63) is 60.2 Å². The lowest BCUT2D eigenvalue weighted by Gasteiger charge is -2.09. The first-order valence-corrected chi connectivity index (χ1v) is 6.92. The first kappa shape index (κ1) is 11.9. The normalized spacial score (nSPS) is 12.1. The molecule has 2 rings (SSSR count). The predicted octanol–water partition coefficient (Wildman–Crippen LogP) is 3.00. The molecule has 0 aliphatic rings. The zero-order valence-corrected chi connectivity index (χ0v) is 10.4. The number of benzene rings is 2. The van der Waals surface area contributed by atoms with Crippen LogP contribution in [0.1, 0.15) is 5.56 Å². The summed E-state index contributed by atoms with van der Waals surface area (Å²) in [5, 5.41) is 0. The van der Waals surface area contributed by atoms with E-state index in [1.54, 1.807) is 6.26 Å². The van der Waals surface area contributed by atoms with Crippen LogP contribution in [0.3, 0.4) is 0 Å².